The first-order valence-corrected chi connectivity index (χ1v) is 11.5. The second-order valence-electron chi connectivity index (χ2n) is 8.57. The summed E-state index contributed by atoms with van der Waals surface area (Å²) in [4.78, 5) is 13.5. The van der Waals surface area contributed by atoms with Crippen molar-refractivity contribution in [1.82, 2.24) is 19.4 Å². The number of halogens is 1. The fraction of sp³-hybridized carbons (Fsp3) is 0.619. The molecule has 0 unspecified atom stereocenters. The summed E-state index contributed by atoms with van der Waals surface area (Å²) in [7, 11) is 0. The number of aromatic hydroxyl groups is 2. The molecule has 2 aromatic rings. The average molecular weight is 462 g/mol. The van der Waals surface area contributed by atoms with Crippen molar-refractivity contribution in [2.24, 2.45) is 0 Å². The normalized spacial score (nSPS) is 23.7. The number of unbranched alkanes of at least 4 members (excludes halogenated alkanes) is 1. The van der Waals surface area contributed by atoms with Gasteiger partial charge in [-0.05, 0) is 66.4 Å². The highest BCUT2D eigenvalue weighted by Crippen LogP contribution is 2.59. The molecule has 2 aliphatic carbocycles. The van der Waals surface area contributed by atoms with Crippen molar-refractivity contribution in [3.8, 4) is 11.8 Å². The molecule has 2 bridgehead atoms. The predicted octanol–water partition coefficient (Wildman–Crippen LogP) is 3.42. The molecule has 7 nitrogen and oxygen atoms in total. The molecule has 3 aliphatic rings. The Morgan fingerprint density at radius 2 is 1.48 bits per heavy atom. The van der Waals surface area contributed by atoms with E-state index in [0.717, 1.165) is 86.4 Å². The minimum Gasteiger partial charge on any atom is -0.494 e. The summed E-state index contributed by atoms with van der Waals surface area (Å²) in [5.41, 5.74) is 2.09. The Morgan fingerprint density at radius 3 is 2.10 bits per heavy atom. The van der Waals surface area contributed by atoms with Crippen LogP contribution in [0.4, 0.5) is 5.95 Å². The van der Waals surface area contributed by atoms with Crippen molar-refractivity contribution in [2.45, 2.75) is 50.5 Å². The molecule has 2 fully saturated rings. The molecule has 156 valence electrons. The van der Waals surface area contributed by atoms with Crippen molar-refractivity contribution in [1.29, 1.82) is 0 Å². The van der Waals surface area contributed by atoms with Gasteiger partial charge in [-0.1, -0.05) is 0 Å². The maximum atomic E-state index is 10.6. The lowest BCUT2D eigenvalue weighted by atomic mass is 9.95. The van der Waals surface area contributed by atoms with E-state index in [1.54, 1.807) is 17.0 Å². The zero-order valence-corrected chi connectivity index (χ0v) is 18.2. The Labute approximate surface area is 179 Å². The van der Waals surface area contributed by atoms with E-state index in [4.69, 9.17) is 0 Å². The Bertz CT molecular complexity index is 843. The average Bonchev–Trinajstić information content (AvgIpc) is 3.41. The van der Waals surface area contributed by atoms with Gasteiger partial charge in [0.1, 0.15) is 0 Å². The molecule has 2 N–H and O–H groups in total. The first-order chi connectivity index (χ1) is 14.1. The smallest absolute Gasteiger partial charge is 0.225 e. The molecule has 3 heterocycles. The first kappa shape index (κ1) is 19.2. The molecular formula is C21H28BrN5O2. The fourth-order valence-corrected chi connectivity index (χ4v) is 5.61. The van der Waals surface area contributed by atoms with E-state index in [0.29, 0.717) is 30.1 Å². The Kier molecular flexibility index (Phi) is 5.16. The van der Waals surface area contributed by atoms with Crippen molar-refractivity contribution >= 4 is 21.9 Å². The summed E-state index contributed by atoms with van der Waals surface area (Å²) in [5, 5.41) is 21.3. The summed E-state index contributed by atoms with van der Waals surface area (Å²) in [6.45, 7) is 5.64. The molecular weight excluding hydrogens is 434 g/mol. The van der Waals surface area contributed by atoms with Crippen LogP contribution in [0.5, 0.6) is 11.8 Å². The highest BCUT2D eigenvalue weighted by atomic mass is 79.9. The number of fused-ring (bicyclic) bond motifs is 5. The van der Waals surface area contributed by atoms with Gasteiger partial charge in [-0.25, -0.2) is 9.97 Å². The van der Waals surface area contributed by atoms with Crippen LogP contribution in [0.2, 0.25) is 0 Å². The van der Waals surface area contributed by atoms with E-state index in [1.165, 1.54) is 0 Å². The van der Waals surface area contributed by atoms with Gasteiger partial charge in [-0.15, -0.1) is 0 Å². The van der Waals surface area contributed by atoms with Crippen LogP contribution < -0.4 is 4.90 Å². The van der Waals surface area contributed by atoms with Gasteiger partial charge in [0.15, 0.2) is 11.8 Å². The van der Waals surface area contributed by atoms with E-state index < -0.39 is 0 Å². The van der Waals surface area contributed by atoms with Crippen LogP contribution in [0.3, 0.4) is 0 Å². The van der Waals surface area contributed by atoms with Crippen LogP contribution in [0.15, 0.2) is 16.9 Å². The third-order valence-corrected chi connectivity index (χ3v) is 7.31. The van der Waals surface area contributed by atoms with E-state index in [9.17, 15) is 10.2 Å². The predicted molar refractivity (Wildman–Crippen MR) is 115 cm³/mol. The van der Waals surface area contributed by atoms with Crippen molar-refractivity contribution < 1.29 is 10.2 Å². The molecule has 0 radical (unpaired) electrons. The van der Waals surface area contributed by atoms with Crippen molar-refractivity contribution in [3.63, 3.8) is 0 Å². The van der Waals surface area contributed by atoms with E-state index in [1.807, 2.05) is 0 Å². The molecule has 29 heavy (non-hydrogen) atoms. The van der Waals surface area contributed by atoms with Crippen LogP contribution in [0.1, 0.15) is 55.1 Å². The first-order valence-electron chi connectivity index (χ1n) is 10.7. The van der Waals surface area contributed by atoms with E-state index in [-0.39, 0.29) is 0 Å². The van der Waals surface area contributed by atoms with Gasteiger partial charge in [-0.3, -0.25) is 9.47 Å². The third kappa shape index (κ3) is 3.50. The minimum absolute atomic E-state index is 0.327. The number of aromatic nitrogens is 3. The molecule has 0 amide bonds. The second-order valence-corrected chi connectivity index (χ2v) is 9.49. The standard InChI is InChI=1S/C21H28BrN5O2/c22-16-12-23-21(24-13-16)26-9-7-25(8-10-26)5-1-2-6-27-19(28)17-14-3-4-15(11-14)18(17)20(27)29/h12-15,28-29H,1-11H2/t14-,15+. The number of hydrogen-bond donors (Lipinski definition) is 2. The Balaban J connectivity index is 1.09. The molecule has 1 saturated carbocycles. The molecule has 2 atom stereocenters. The molecule has 8 heteroatoms. The lowest BCUT2D eigenvalue weighted by molar-refractivity contribution is 0.248. The summed E-state index contributed by atoms with van der Waals surface area (Å²) in [6.07, 6.45) is 9.04. The van der Waals surface area contributed by atoms with Crippen LogP contribution in [0, 0.1) is 0 Å². The second kappa shape index (κ2) is 7.80. The van der Waals surface area contributed by atoms with E-state index in [2.05, 4.69) is 35.7 Å². The van der Waals surface area contributed by atoms with E-state index >= 15 is 0 Å². The Morgan fingerprint density at radius 1 is 0.897 bits per heavy atom. The number of rotatable bonds is 6. The highest BCUT2D eigenvalue weighted by Gasteiger charge is 2.43. The van der Waals surface area contributed by atoms with Gasteiger partial charge in [0, 0.05) is 56.2 Å². The molecule has 5 rings (SSSR count). The third-order valence-electron chi connectivity index (χ3n) is 6.90. The van der Waals surface area contributed by atoms with Crippen molar-refractivity contribution in [2.75, 3.05) is 37.6 Å². The van der Waals surface area contributed by atoms with Gasteiger partial charge in [0.25, 0.3) is 0 Å². The number of anilines is 1. The van der Waals surface area contributed by atoms with Crippen LogP contribution in [-0.4, -0.2) is 62.4 Å². The maximum absolute atomic E-state index is 10.6. The van der Waals surface area contributed by atoms with Crippen LogP contribution in [-0.2, 0) is 6.54 Å². The lowest BCUT2D eigenvalue weighted by Crippen LogP contribution is -2.47. The minimum atomic E-state index is 0.327. The number of hydrogen-bond acceptors (Lipinski definition) is 6. The summed E-state index contributed by atoms with van der Waals surface area (Å²) in [5.74, 6) is 2.38. The molecule has 0 aromatic carbocycles. The van der Waals surface area contributed by atoms with Gasteiger partial charge >= 0.3 is 0 Å². The highest BCUT2D eigenvalue weighted by molar-refractivity contribution is 9.10. The van der Waals surface area contributed by atoms with Crippen molar-refractivity contribution in [3.05, 3.63) is 28.0 Å². The summed E-state index contributed by atoms with van der Waals surface area (Å²) in [6, 6.07) is 0. The number of piperazine rings is 1. The lowest BCUT2D eigenvalue weighted by Gasteiger charge is -2.34. The molecule has 1 saturated heterocycles. The quantitative estimate of drug-likeness (QED) is 0.641. The molecule has 2 aromatic heterocycles. The molecule has 0 spiro atoms. The van der Waals surface area contributed by atoms with Crippen LogP contribution >= 0.6 is 15.9 Å². The maximum Gasteiger partial charge on any atom is 0.225 e. The summed E-state index contributed by atoms with van der Waals surface area (Å²) < 4.78 is 2.65. The van der Waals surface area contributed by atoms with Gasteiger partial charge in [0.2, 0.25) is 5.95 Å². The topological polar surface area (TPSA) is 77.7 Å². The number of nitrogens with zero attached hydrogens (tertiary/aromatic N) is 5. The molecule has 1 aliphatic heterocycles. The monoisotopic (exact) mass is 461 g/mol. The van der Waals surface area contributed by atoms with Crippen LogP contribution in [0.25, 0.3) is 0 Å². The SMILES string of the molecule is Oc1c2c(c(O)n1CCCCN1CCN(c3ncc(Br)cn3)CC1)[C@H]1CC[C@@H]2C1. The summed E-state index contributed by atoms with van der Waals surface area (Å²) >= 11 is 3.38. The zero-order valence-electron chi connectivity index (χ0n) is 16.6. The van der Waals surface area contributed by atoms with Gasteiger partial charge in [0.05, 0.1) is 4.47 Å². The fourth-order valence-electron chi connectivity index (χ4n) is 5.40. The van der Waals surface area contributed by atoms with Gasteiger partial charge in [-0.2, -0.15) is 0 Å². The largest absolute Gasteiger partial charge is 0.494 e. The Hall–Kier alpha value is -1.80. The van der Waals surface area contributed by atoms with Gasteiger partial charge < -0.3 is 15.1 Å². The zero-order chi connectivity index (χ0) is 20.0.